The molecular weight excluding hydrogens is 254 g/mol. The summed E-state index contributed by atoms with van der Waals surface area (Å²) in [7, 11) is 0. The van der Waals surface area contributed by atoms with E-state index in [2.05, 4.69) is 28.4 Å². The average molecular weight is 273 g/mol. The monoisotopic (exact) mass is 273 g/mol. The molecule has 0 radical (unpaired) electrons. The minimum absolute atomic E-state index is 0.407. The molecule has 5 heteroatoms. The predicted octanol–water partition coefficient (Wildman–Crippen LogP) is 3.02. The van der Waals surface area contributed by atoms with E-state index in [1.54, 1.807) is 0 Å². The van der Waals surface area contributed by atoms with Crippen LogP contribution in [0.25, 0.3) is 11.5 Å². The van der Waals surface area contributed by atoms with Gasteiger partial charge in [0.25, 0.3) is 5.89 Å². The number of hydrogen-bond donors (Lipinski definition) is 1. The van der Waals surface area contributed by atoms with Crippen molar-refractivity contribution in [1.29, 1.82) is 0 Å². The maximum atomic E-state index is 5.43. The number of hydrogen-bond acceptors (Lipinski definition) is 5. The minimum atomic E-state index is 0.407. The third-order valence-corrected chi connectivity index (χ3v) is 3.37. The average Bonchev–Trinajstić information content (AvgIpc) is 2.96. The Bertz CT molecular complexity index is 580. The molecule has 1 aromatic carbocycles. The Hall–Kier alpha value is -1.88. The fraction of sp³-hybridized carbons (Fsp3) is 0.467. The number of aromatic nitrogens is 2. The first kappa shape index (κ1) is 13.1. The highest BCUT2D eigenvalue weighted by molar-refractivity contribution is 5.69. The molecule has 1 aliphatic rings. The highest BCUT2D eigenvalue weighted by atomic mass is 16.5. The first-order valence-corrected chi connectivity index (χ1v) is 7.15. The summed E-state index contributed by atoms with van der Waals surface area (Å²) < 4.78 is 10.8. The number of nitrogens with one attached hydrogen (secondary N) is 1. The lowest BCUT2D eigenvalue weighted by Gasteiger charge is -2.19. The molecule has 106 valence electrons. The fourth-order valence-electron chi connectivity index (χ4n) is 2.44. The number of fused-ring (bicyclic) bond motifs is 1. The van der Waals surface area contributed by atoms with Gasteiger partial charge in [-0.05, 0) is 37.0 Å². The van der Waals surface area contributed by atoms with Crippen LogP contribution < -0.4 is 5.32 Å². The molecule has 0 fully saturated rings. The van der Waals surface area contributed by atoms with E-state index in [4.69, 9.17) is 9.26 Å². The fourth-order valence-corrected chi connectivity index (χ4v) is 2.44. The Kier molecular flexibility index (Phi) is 3.97. The van der Waals surface area contributed by atoms with E-state index in [-0.39, 0.29) is 0 Å². The lowest BCUT2D eigenvalue weighted by molar-refractivity contribution is 0.114. The van der Waals surface area contributed by atoms with Gasteiger partial charge in [0.1, 0.15) is 6.61 Å². The van der Waals surface area contributed by atoms with Gasteiger partial charge in [0.15, 0.2) is 5.82 Å². The Labute approximate surface area is 118 Å². The van der Waals surface area contributed by atoms with Crippen molar-refractivity contribution in [3.63, 3.8) is 0 Å². The summed E-state index contributed by atoms with van der Waals surface area (Å²) in [6, 6.07) is 6.15. The lowest BCUT2D eigenvalue weighted by Crippen LogP contribution is -2.12. The van der Waals surface area contributed by atoms with E-state index < -0.39 is 0 Å². The molecule has 0 amide bonds. The normalized spacial score (nSPS) is 13.8. The topological polar surface area (TPSA) is 60.2 Å². The first-order chi connectivity index (χ1) is 9.88. The van der Waals surface area contributed by atoms with Crippen LogP contribution in [0.2, 0.25) is 0 Å². The Morgan fingerprint density at radius 2 is 2.35 bits per heavy atom. The summed E-state index contributed by atoms with van der Waals surface area (Å²) in [5.41, 5.74) is 3.48. The molecule has 3 rings (SSSR count). The summed E-state index contributed by atoms with van der Waals surface area (Å²) in [6.45, 7) is 4.22. The van der Waals surface area contributed by atoms with Crippen molar-refractivity contribution in [2.75, 3.05) is 18.5 Å². The van der Waals surface area contributed by atoms with E-state index in [9.17, 15) is 0 Å². The van der Waals surface area contributed by atoms with Crippen LogP contribution in [-0.4, -0.2) is 23.3 Å². The van der Waals surface area contributed by atoms with Crippen LogP contribution in [0.15, 0.2) is 22.7 Å². The van der Waals surface area contributed by atoms with Gasteiger partial charge >= 0.3 is 0 Å². The van der Waals surface area contributed by atoms with Gasteiger partial charge in [-0.1, -0.05) is 18.1 Å². The zero-order chi connectivity index (χ0) is 13.8. The van der Waals surface area contributed by atoms with Crippen molar-refractivity contribution in [2.45, 2.75) is 32.8 Å². The number of benzene rings is 1. The van der Waals surface area contributed by atoms with Crippen LogP contribution in [-0.2, 0) is 17.8 Å². The first-order valence-electron chi connectivity index (χ1n) is 7.15. The van der Waals surface area contributed by atoms with E-state index in [0.717, 1.165) is 31.4 Å². The van der Waals surface area contributed by atoms with Crippen molar-refractivity contribution in [2.24, 2.45) is 0 Å². The smallest absolute Gasteiger partial charge is 0.258 e. The van der Waals surface area contributed by atoms with Gasteiger partial charge in [-0.15, -0.1) is 0 Å². The van der Waals surface area contributed by atoms with Crippen molar-refractivity contribution >= 4 is 5.69 Å². The second-order valence-electron chi connectivity index (χ2n) is 4.93. The van der Waals surface area contributed by atoms with Gasteiger partial charge in [0.2, 0.25) is 0 Å². The third-order valence-electron chi connectivity index (χ3n) is 3.37. The van der Waals surface area contributed by atoms with Crippen LogP contribution in [0.5, 0.6) is 0 Å². The SMILES string of the molecule is CCCOCc1noc(-c2cccc3c2CCCN3)n1. The largest absolute Gasteiger partial charge is 0.385 e. The van der Waals surface area contributed by atoms with Crippen molar-refractivity contribution in [1.82, 2.24) is 10.1 Å². The van der Waals surface area contributed by atoms with Crippen LogP contribution in [0, 0.1) is 0 Å². The lowest BCUT2D eigenvalue weighted by atomic mass is 9.97. The summed E-state index contributed by atoms with van der Waals surface area (Å²) in [5.74, 6) is 1.19. The molecule has 2 heterocycles. The molecular formula is C15H19N3O2. The van der Waals surface area contributed by atoms with Gasteiger partial charge in [-0.25, -0.2) is 0 Å². The van der Waals surface area contributed by atoms with Gasteiger partial charge in [-0.3, -0.25) is 0 Å². The highest BCUT2D eigenvalue weighted by Crippen LogP contribution is 2.31. The molecule has 0 aliphatic carbocycles. The molecule has 0 bridgehead atoms. The van der Waals surface area contributed by atoms with E-state index >= 15 is 0 Å². The third kappa shape index (κ3) is 2.67. The van der Waals surface area contributed by atoms with Crippen LogP contribution in [0.4, 0.5) is 5.69 Å². The standard InChI is InChI=1S/C15H19N3O2/c1-2-9-19-10-14-17-15(20-18-14)12-5-3-7-13-11(12)6-4-8-16-13/h3,5,7,16H,2,4,6,8-10H2,1H3. The maximum absolute atomic E-state index is 5.43. The van der Waals surface area contributed by atoms with Gasteiger partial charge in [0, 0.05) is 24.4 Å². The molecule has 0 saturated carbocycles. The summed E-state index contributed by atoms with van der Waals surface area (Å²) in [5, 5.41) is 7.39. The number of ether oxygens (including phenoxy) is 1. The molecule has 1 aliphatic heterocycles. The van der Waals surface area contributed by atoms with Crippen LogP contribution in [0.3, 0.4) is 0 Å². The maximum Gasteiger partial charge on any atom is 0.258 e. The number of rotatable bonds is 5. The molecule has 0 atom stereocenters. The number of anilines is 1. The van der Waals surface area contributed by atoms with Gasteiger partial charge in [0.05, 0.1) is 0 Å². The van der Waals surface area contributed by atoms with Crippen molar-refractivity contribution < 1.29 is 9.26 Å². The number of nitrogens with zero attached hydrogens (tertiary/aromatic N) is 2. The van der Waals surface area contributed by atoms with Gasteiger partial charge in [-0.2, -0.15) is 4.98 Å². The zero-order valence-corrected chi connectivity index (χ0v) is 11.7. The van der Waals surface area contributed by atoms with E-state index in [0.29, 0.717) is 24.9 Å². The molecule has 1 N–H and O–H groups in total. The Morgan fingerprint density at radius 1 is 1.40 bits per heavy atom. The second-order valence-corrected chi connectivity index (χ2v) is 4.93. The van der Waals surface area contributed by atoms with E-state index in [1.165, 1.54) is 11.3 Å². The molecule has 0 saturated heterocycles. The molecule has 2 aromatic rings. The zero-order valence-electron chi connectivity index (χ0n) is 11.7. The molecule has 0 spiro atoms. The summed E-state index contributed by atoms with van der Waals surface area (Å²) >= 11 is 0. The van der Waals surface area contributed by atoms with Crippen molar-refractivity contribution in [3.05, 3.63) is 29.6 Å². The second kappa shape index (κ2) is 6.05. The molecule has 0 unspecified atom stereocenters. The Balaban J connectivity index is 1.82. The minimum Gasteiger partial charge on any atom is -0.385 e. The van der Waals surface area contributed by atoms with Crippen LogP contribution in [0.1, 0.15) is 31.2 Å². The summed E-state index contributed by atoms with van der Waals surface area (Å²) in [6.07, 6.45) is 3.16. The Morgan fingerprint density at radius 3 is 3.25 bits per heavy atom. The van der Waals surface area contributed by atoms with Crippen LogP contribution >= 0.6 is 0 Å². The molecule has 20 heavy (non-hydrogen) atoms. The van der Waals surface area contributed by atoms with Gasteiger partial charge < -0.3 is 14.6 Å². The molecule has 5 nitrogen and oxygen atoms in total. The molecule has 1 aromatic heterocycles. The summed E-state index contributed by atoms with van der Waals surface area (Å²) in [4.78, 5) is 4.43. The quantitative estimate of drug-likeness (QED) is 0.848. The predicted molar refractivity (Wildman–Crippen MR) is 76.5 cm³/mol. The highest BCUT2D eigenvalue weighted by Gasteiger charge is 2.17. The van der Waals surface area contributed by atoms with Crippen molar-refractivity contribution in [3.8, 4) is 11.5 Å². The van der Waals surface area contributed by atoms with E-state index in [1.807, 2.05) is 12.1 Å².